The maximum Gasteiger partial charge on any atom is 0.0972 e. The molecule has 1 aromatic carbocycles. The van der Waals surface area contributed by atoms with Gasteiger partial charge in [-0.2, -0.15) is 0 Å². The molecule has 3 nitrogen and oxygen atoms in total. The monoisotopic (exact) mass is 223 g/mol. The highest BCUT2D eigenvalue weighted by Gasteiger charge is 2.17. The molecular formula is C13H21NO2. The Morgan fingerprint density at radius 1 is 1.31 bits per heavy atom. The van der Waals surface area contributed by atoms with Gasteiger partial charge in [-0.05, 0) is 31.9 Å². The molecule has 1 unspecified atom stereocenters. The van der Waals surface area contributed by atoms with Gasteiger partial charge in [0.25, 0.3) is 0 Å². The Hall–Kier alpha value is -0.900. The molecular weight excluding hydrogens is 202 g/mol. The van der Waals surface area contributed by atoms with Crippen molar-refractivity contribution in [3.8, 4) is 0 Å². The number of rotatable bonds is 5. The van der Waals surface area contributed by atoms with Gasteiger partial charge in [0.2, 0.25) is 0 Å². The fourth-order valence-corrected chi connectivity index (χ4v) is 1.51. The van der Waals surface area contributed by atoms with Crippen LogP contribution in [-0.4, -0.2) is 29.0 Å². The lowest BCUT2D eigenvalue weighted by molar-refractivity contribution is 0.00253. The van der Waals surface area contributed by atoms with E-state index in [1.54, 1.807) is 6.92 Å². The largest absolute Gasteiger partial charge is 0.393 e. The van der Waals surface area contributed by atoms with Crippen molar-refractivity contribution in [1.29, 1.82) is 0 Å². The molecule has 1 aromatic rings. The molecule has 0 aliphatic carbocycles. The van der Waals surface area contributed by atoms with Gasteiger partial charge in [0.15, 0.2) is 0 Å². The van der Waals surface area contributed by atoms with E-state index >= 15 is 0 Å². The first kappa shape index (κ1) is 13.2. The van der Waals surface area contributed by atoms with Crippen LogP contribution < -0.4 is 5.32 Å². The molecule has 0 aromatic heterocycles. The molecule has 0 saturated carbocycles. The summed E-state index contributed by atoms with van der Waals surface area (Å²) in [7, 11) is 0. The molecule has 0 aliphatic heterocycles. The molecule has 90 valence electrons. The van der Waals surface area contributed by atoms with Crippen molar-refractivity contribution in [3.63, 3.8) is 0 Å². The Kier molecular flexibility index (Phi) is 4.47. The first-order valence-corrected chi connectivity index (χ1v) is 5.55. The standard InChI is InChI=1S/C13H21NO2/c1-10-4-5-11(2)12(6-10)7-14-8-13(3,16)9-15/h4-6,14-16H,7-9H2,1-3H3. The van der Waals surface area contributed by atoms with Crippen molar-refractivity contribution in [2.45, 2.75) is 32.9 Å². The second-order valence-corrected chi connectivity index (χ2v) is 4.69. The Morgan fingerprint density at radius 2 is 2.00 bits per heavy atom. The van der Waals surface area contributed by atoms with Crippen LogP contribution in [-0.2, 0) is 6.54 Å². The van der Waals surface area contributed by atoms with Gasteiger partial charge in [-0.15, -0.1) is 0 Å². The summed E-state index contributed by atoms with van der Waals surface area (Å²) < 4.78 is 0. The van der Waals surface area contributed by atoms with Crippen LogP contribution in [0.15, 0.2) is 18.2 Å². The van der Waals surface area contributed by atoms with E-state index < -0.39 is 5.60 Å². The Morgan fingerprint density at radius 3 is 2.62 bits per heavy atom. The normalized spacial score (nSPS) is 14.8. The average molecular weight is 223 g/mol. The smallest absolute Gasteiger partial charge is 0.0972 e. The average Bonchev–Trinajstić information content (AvgIpc) is 2.23. The van der Waals surface area contributed by atoms with E-state index in [0.717, 1.165) is 0 Å². The number of nitrogens with one attached hydrogen (secondary N) is 1. The van der Waals surface area contributed by atoms with Gasteiger partial charge in [-0.3, -0.25) is 0 Å². The van der Waals surface area contributed by atoms with Crippen LogP contribution in [0.3, 0.4) is 0 Å². The molecule has 0 saturated heterocycles. The van der Waals surface area contributed by atoms with E-state index in [9.17, 15) is 5.11 Å². The maximum atomic E-state index is 9.61. The molecule has 3 heteroatoms. The van der Waals surface area contributed by atoms with E-state index in [4.69, 9.17) is 5.11 Å². The molecule has 3 N–H and O–H groups in total. The van der Waals surface area contributed by atoms with Gasteiger partial charge in [-0.1, -0.05) is 23.8 Å². The second-order valence-electron chi connectivity index (χ2n) is 4.69. The molecule has 0 spiro atoms. The number of hydrogen-bond donors (Lipinski definition) is 3. The predicted molar refractivity (Wildman–Crippen MR) is 65.3 cm³/mol. The van der Waals surface area contributed by atoms with Crippen molar-refractivity contribution in [2.24, 2.45) is 0 Å². The molecule has 16 heavy (non-hydrogen) atoms. The van der Waals surface area contributed by atoms with E-state index in [0.29, 0.717) is 13.1 Å². The zero-order chi connectivity index (χ0) is 12.2. The summed E-state index contributed by atoms with van der Waals surface area (Å²) in [5.74, 6) is 0. The zero-order valence-electron chi connectivity index (χ0n) is 10.2. The van der Waals surface area contributed by atoms with Crippen molar-refractivity contribution < 1.29 is 10.2 Å². The van der Waals surface area contributed by atoms with Crippen LogP contribution in [0.5, 0.6) is 0 Å². The minimum Gasteiger partial charge on any atom is -0.393 e. The zero-order valence-corrected chi connectivity index (χ0v) is 10.2. The van der Waals surface area contributed by atoms with Crippen LogP contribution in [0.1, 0.15) is 23.6 Å². The summed E-state index contributed by atoms with van der Waals surface area (Å²) in [4.78, 5) is 0. The topological polar surface area (TPSA) is 52.5 Å². The van der Waals surface area contributed by atoms with Crippen molar-refractivity contribution in [1.82, 2.24) is 5.32 Å². The van der Waals surface area contributed by atoms with Crippen LogP contribution in [0.2, 0.25) is 0 Å². The second kappa shape index (κ2) is 5.43. The van der Waals surface area contributed by atoms with Crippen LogP contribution in [0.4, 0.5) is 0 Å². The third-order valence-electron chi connectivity index (χ3n) is 2.67. The third kappa shape index (κ3) is 3.93. The fraction of sp³-hybridized carbons (Fsp3) is 0.538. The highest BCUT2D eigenvalue weighted by atomic mass is 16.3. The quantitative estimate of drug-likeness (QED) is 0.701. The number of aliphatic hydroxyl groups excluding tert-OH is 1. The highest BCUT2D eigenvalue weighted by molar-refractivity contribution is 5.30. The Balaban J connectivity index is 2.52. The van der Waals surface area contributed by atoms with Crippen molar-refractivity contribution in [3.05, 3.63) is 34.9 Å². The molecule has 1 rings (SSSR count). The van der Waals surface area contributed by atoms with Gasteiger partial charge in [0.1, 0.15) is 0 Å². The third-order valence-corrected chi connectivity index (χ3v) is 2.67. The van der Waals surface area contributed by atoms with E-state index in [1.807, 2.05) is 0 Å². The van der Waals surface area contributed by atoms with Gasteiger partial charge in [0, 0.05) is 13.1 Å². The van der Waals surface area contributed by atoms with Gasteiger partial charge >= 0.3 is 0 Å². The van der Waals surface area contributed by atoms with Crippen molar-refractivity contribution >= 4 is 0 Å². The number of aryl methyl sites for hydroxylation is 2. The first-order valence-electron chi connectivity index (χ1n) is 5.55. The molecule has 0 heterocycles. The minimum absolute atomic E-state index is 0.229. The molecule has 0 fully saturated rings. The van der Waals surface area contributed by atoms with Gasteiger partial charge < -0.3 is 15.5 Å². The number of aliphatic hydroxyl groups is 2. The van der Waals surface area contributed by atoms with Crippen LogP contribution >= 0.6 is 0 Å². The number of hydrogen-bond acceptors (Lipinski definition) is 3. The Bertz CT molecular complexity index is 348. The summed E-state index contributed by atoms with van der Waals surface area (Å²) in [5, 5.41) is 21.7. The molecule has 0 aliphatic rings. The highest BCUT2D eigenvalue weighted by Crippen LogP contribution is 2.10. The summed E-state index contributed by atoms with van der Waals surface area (Å²) in [6.07, 6.45) is 0. The van der Waals surface area contributed by atoms with Crippen LogP contribution in [0, 0.1) is 13.8 Å². The number of benzene rings is 1. The molecule has 1 atom stereocenters. The summed E-state index contributed by atoms with van der Waals surface area (Å²) in [6.45, 7) is 6.61. The summed E-state index contributed by atoms with van der Waals surface area (Å²) >= 11 is 0. The first-order chi connectivity index (χ1) is 7.44. The molecule has 0 bridgehead atoms. The van der Waals surface area contributed by atoms with Crippen LogP contribution in [0.25, 0.3) is 0 Å². The lowest BCUT2D eigenvalue weighted by Crippen LogP contribution is -2.40. The van der Waals surface area contributed by atoms with E-state index in [1.165, 1.54) is 16.7 Å². The minimum atomic E-state index is -1.04. The Labute approximate surface area is 97.1 Å². The maximum absolute atomic E-state index is 9.61. The molecule has 0 amide bonds. The van der Waals surface area contributed by atoms with Gasteiger partial charge in [-0.25, -0.2) is 0 Å². The van der Waals surface area contributed by atoms with E-state index in [-0.39, 0.29) is 6.61 Å². The summed E-state index contributed by atoms with van der Waals surface area (Å²) in [5.41, 5.74) is 2.66. The fourth-order valence-electron chi connectivity index (χ4n) is 1.51. The lowest BCUT2D eigenvalue weighted by Gasteiger charge is -2.21. The van der Waals surface area contributed by atoms with Gasteiger partial charge in [0.05, 0.1) is 12.2 Å². The predicted octanol–water partition coefficient (Wildman–Crippen LogP) is 1.14. The molecule has 0 radical (unpaired) electrons. The van der Waals surface area contributed by atoms with Crippen molar-refractivity contribution in [2.75, 3.05) is 13.2 Å². The SMILES string of the molecule is Cc1ccc(C)c(CNCC(C)(O)CO)c1. The van der Waals surface area contributed by atoms with E-state index in [2.05, 4.69) is 37.4 Å². The lowest BCUT2D eigenvalue weighted by atomic mass is 10.0. The summed E-state index contributed by atoms with van der Waals surface area (Å²) in [6, 6.07) is 6.31.